The maximum absolute atomic E-state index is 13.0. The highest BCUT2D eigenvalue weighted by atomic mass is 35.5. The number of thiocarbonyl (C=S) groups is 1. The molecule has 172 valence electrons. The van der Waals surface area contributed by atoms with Crippen LogP contribution in [0.4, 0.5) is 17.1 Å². The number of ether oxygens (including phenoxy) is 1. The normalized spacial score (nSPS) is 18.5. The smallest absolute Gasteiger partial charge is 0.261 e. The molecule has 0 saturated carbocycles. The number of hydrogen-bond acceptors (Lipinski definition) is 5. The highest BCUT2D eigenvalue weighted by Gasteiger charge is 2.22. The summed E-state index contributed by atoms with van der Waals surface area (Å²) in [6.07, 6.45) is 4.45. The molecule has 0 aromatic heterocycles. The van der Waals surface area contributed by atoms with Crippen LogP contribution in [-0.2, 0) is 14.8 Å². The van der Waals surface area contributed by atoms with E-state index in [1.807, 2.05) is 6.07 Å². The lowest BCUT2D eigenvalue weighted by molar-refractivity contribution is 0.114. The number of sulfonamides is 1. The zero-order valence-electron chi connectivity index (χ0n) is 17.6. The van der Waals surface area contributed by atoms with Gasteiger partial charge in [-0.25, -0.2) is 8.42 Å². The molecule has 10 heteroatoms. The van der Waals surface area contributed by atoms with Crippen molar-refractivity contribution < 1.29 is 13.2 Å². The first-order chi connectivity index (χ1) is 15.4. The molecule has 2 heterocycles. The van der Waals surface area contributed by atoms with Crippen molar-refractivity contribution >= 4 is 56.0 Å². The topological polar surface area (TPSA) is 82.7 Å². The van der Waals surface area contributed by atoms with Crippen LogP contribution in [0.25, 0.3) is 0 Å². The van der Waals surface area contributed by atoms with E-state index < -0.39 is 10.0 Å². The summed E-state index contributed by atoms with van der Waals surface area (Å²) in [6.45, 7) is 3.27. The molecule has 0 aliphatic carbocycles. The van der Waals surface area contributed by atoms with Crippen molar-refractivity contribution in [3.63, 3.8) is 0 Å². The van der Waals surface area contributed by atoms with Crippen molar-refractivity contribution in [1.29, 1.82) is 0 Å². The first kappa shape index (κ1) is 23.1. The second-order valence-corrected chi connectivity index (χ2v) is 10.5. The third-order valence-corrected chi connectivity index (χ3v) is 7.46. The van der Waals surface area contributed by atoms with Crippen LogP contribution in [0, 0.1) is 0 Å². The Balaban J connectivity index is 1.54. The number of nitrogens with one attached hydrogen (secondary N) is 3. The van der Waals surface area contributed by atoms with E-state index in [1.165, 1.54) is 0 Å². The highest BCUT2D eigenvalue weighted by Crippen LogP contribution is 2.32. The van der Waals surface area contributed by atoms with Crippen LogP contribution in [0.3, 0.4) is 0 Å². The Hall–Kier alpha value is -2.07. The van der Waals surface area contributed by atoms with Crippen molar-refractivity contribution in [3.05, 3.63) is 47.5 Å². The van der Waals surface area contributed by atoms with Crippen LogP contribution >= 0.6 is 23.8 Å². The van der Waals surface area contributed by atoms with Gasteiger partial charge < -0.3 is 20.3 Å². The summed E-state index contributed by atoms with van der Waals surface area (Å²) < 4.78 is 34.2. The Bertz CT molecular complexity index is 1050. The molecule has 2 fully saturated rings. The van der Waals surface area contributed by atoms with Gasteiger partial charge in [-0.2, -0.15) is 0 Å². The molecule has 0 bridgehead atoms. The number of benzene rings is 2. The molecule has 1 unspecified atom stereocenters. The first-order valence-corrected chi connectivity index (χ1v) is 13.0. The fourth-order valence-corrected chi connectivity index (χ4v) is 5.33. The molecule has 2 aromatic rings. The molecule has 0 amide bonds. The number of halogens is 1. The molecular weight excluding hydrogens is 468 g/mol. The van der Waals surface area contributed by atoms with Gasteiger partial charge in [0.15, 0.2) is 5.11 Å². The summed E-state index contributed by atoms with van der Waals surface area (Å²) >= 11 is 11.4. The van der Waals surface area contributed by atoms with Crippen LogP contribution in [0.5, 0.6) is 0 Å². The number of anilines is 3. The first-order valence-electron chi connectivity index (χ1n) is 10.7. The Morgan fingerprint density at radius 2 is 1.88 bits per heavy atom. The van der Waals surface area contributed by atoms with Gasteiger partial charge in [-0.15, -0.1) is 0 Å². The van der Waals surface area contributed by atoms with Gasteiger partial charge in [0.05, 0.1) is 22.4 Å². The number of nitrogens with zero attached hydrogens (tertiary/aromatic N) is 1. The van der Waals surface area contributed by atoms with Gasteiger partial charge in [0, 0.05) is 37.0 Å². The van der Waals surface area contributed by atoms with E-state index in [-0.39, 0.29) is 11.0 Å². The molecule has 4 rings (SSSR count). The van der Waals surface area contributed by atoms with Gasteiger partial charge in [0.1, 0.15) is 0 Å². The molecule has 3 N–H and O–H groups in total. The summed E-state index contributed by atoms with van der Waals surface area (Å²) in [4.78, 5) is 2.40. The summed E-state index contributed by atoms with van der Waals surface area (Å²) in [6, 6.07) is 11.6. The minimum absolute atomic E-state index is 0.153. The van der Waals surface area contributed by atoms with E-state index in [1.54, 1.807) is 36.4 Å². The van der Waals surface area contributed by atoms with Crippen molar-refractivity contribution in [2.75, 3.05) is 41.2 Å². The van der Waals surface area contributed by atoms with E-state index >= 15 is 0 Å². The Kier molecular flexibility index (Phi) is 7.40. The monoisotopic (exact) mass is 494 g/mol. The van der Waals surface area contributed by atoms with Gasteiger partial charge in [0.25, 0.3) is 10.0 Å². The van der Waals surface area contributed by atoms with Gasteiger partial charge >= 0.3 is 0 Å². The highest BCUT2D eigenvalue weighted by molar-refractivity contribution is 7.92. The summed E-state index contributed by atoms with van der Waals surface area (Å²) in [5, 5.41) is 7.39. The predicted octanol–water partition coefficient (Wildman–Crippen LogP) is 4.21. The fourth-order valence-electron chi connectivity index (χ4n) is 3.93. The van der Waals surface area contributed by atoms with E-state index in [9.17, 15) is 8.42 Å². The van der Waals surface area contributed by atoms with Crippen molar-refractivity contribution in [3.8, 4) is 0 Å². The second-order valence-electron chi connectivity index (χ2n) is 7.96. The minimum atomic E-state index is -3.79. The van der Waals surface area contributed by atoms with Crippen molar-refractivity contribution in [2.24, 2.45) is 0 Å². The van der Waals surface area contributed by atoms with E-state index in [4.69, 9.17) is 28.6 Å². The van der Waals surface area contributed by atoms with Crippen LogP contribution in [0.1, 0.15) is 25.7 Å². The van der Waals surface area contributed by atoms with E-state index in [2.05, 4.69) is 20.3 Å². The van der Waals surface area contributed by atoms with Crippen LogP contribution in [0.15, 0.2) is 47.4 Å². The van der Waals surface area contributed by atoms with Gasteiger partial charge in [-0.05, 0) is 80.4 Å². The predicted molar refractivity (Wildman–Crippen MR) is 133 cm³/mol. The lowest BCUT2D eigenvalue weighted by Gasteiger charge is -2.23. The SMILES string of the molecule is O=S(=O)(Nc1ccc(Cl)cc1)c1ccc(N2CCCC2)c(NC(=S)NCC2CCCO2)c1. The summed E-state index contributed by atoms with van der Waals surface area (Å²) in [5.41, 5.74) is 2.05. The zero-order chi connectivity index (χ0) is 22.6. The molecule has 2 aliphatic rings. The van der Waals surface area contributed by atoms with Crippen molar-refractivity contribution in [2.45, 2.75) is 36.7 Å². The fraction of sp³-hybridized carbons (Fsp3) is 0.409. The van der Waals surface area contributed by atoms with Crippen LogP contribution < -0.4 is 20.3 Å². The molecule has 0 radical (unpaired) electrons. The largest absolute Gasteiger partial charge is 0.376 e. The molecule has 2 saturated heterocycles. The van der Waals surface area contributed by atoms with Crippen LogP contribution in [0.2, 0.25) is 5.02 Å². The average molecular weight is 495 g/mol. The summed E-state index contributed by atoms with van der Waals surface area (Å²) in [7, 11) is -3.79. The van der Waals surface area contributed by atoms with E-state index in [0.29, 0.717) is 28.1 Å². The molecule has 2 aliphatic heterocycles. The zero-order valence-corrected chi connectivity index (χ0v) is 20.0. The molecule has 2 aromatic carbocycles. The van der Waals surface area contributed by atoms with Gasteiger partial charge in [-0.3, -0.25) is 4.72 Å². The standard InChI is InChI=1S/C22H27ClN4O3S2/c23-16-5-7-17(8-6-16)26-32(28,29)19-9-10-21(27-11-1-2-12-27)20(14-19)25-22(31)24-15-18-4-3-13-30-18/h5-10,14,18,26H,1-4,11-13,15H2,(H2,24,25,31). The quantitative estimate of drug-likeness (QED) is 0.497. The maximum Gasteiger partial charge on any atom is 0.261 e. The van der Waals surface area contributed by atoms with Crippen LogP contribution in [-0.4, -0.2) is 45.9 Å². The molecule has 1 atom stereocenters. The molecule has 32 heavy (non-hydrogen) atoms. The number of rotatable bonds is 7. The molecular formula is C22H27ClN4O3S2. The van der Waals surface area contributed by atoms with Gasteiger partial charge in [-0.1, -0.05) is 11.6 Å². The average Bonchev–Trinajstić information content (AvgIpc) is 3.48. The molecule has 0 spiro atoms. The Labute approximate surface area is 199 Å². The lowest BCUT2D eigenvalue weighted by Crippen LogP contribution is -2.35. The second kappa shape index (κ2) is 10.2. The van der Waals surface area contributed by atoms with Gasteiger partial charge in [0.2, 0.25) is 0 Å². The third kappa shape index (κ3) is 5.83. The lowest BCUT2D eigenvalue weighted by atomic mass is 10.2. The number of hydrogen-bond donors (Lipinski definition) is 3. The molecule has 7 nitrogen and oxygen atoms in total. The maximum atomic E-state index is 13.0. The Morgan fingerprint density at radius 3 is 2.56 bits per heavy atom. The van der Waals surface area contributed by atoms with E-state index in [0.717, 1.165) is 51.1 Å². The summed E-state index contributed by atoms with van der Waals surface area (Å²) in [5.74, 6) is 0. The third-order valence-electron chi connectivity index (χ3n) is 5.58. The Morgan fingerprint density at radius 1 is 1.12 bits per heavy atom. The van der Waals surface area contributed by atoms with Crippen molar-refractivity contribution in [1.82, 2.24) is 5.32 Å². The minimum Gasteiger partial charge on any atom is -0.376 e.